The molecule has 4 heteroatoms. The van der Waals surface area contributed by atoms with Crippen LogP contribution in [0.3, 0.4) is 0 Å². The Balaban J connectivity index is 1.93. The summed E-state index contributed by atoms with van der Waals surface area (Å²) in [5.41, 5.74) is 1.03. The van der Waals surface area contributed by atoms with Gasteiger partial charge < -0.3 is 10.4 Å². The summed E-state index contributed by atoms with van der Waals surface area (Å²) >= 11 is 0. The molecule has 3 rings (SSSR count). The van der Waals surface area contributed by atoms with Crippen LogP contribution in [0, 0.1) is 11.6 Å². The van der Waals surface area contributed by atoms with Crippen LogP contribution in [0.2, 0.25) is 0 Å². The maximum Gasteiger partial charge on any atom is 0.128 e. The second-order valence-electron chi connectivity index (χ2n) is 4.80. The van der Waals surface area contributed by atoms with E-state index in [0.717, 1.165) is 16.8 Å². The minimum atomic E-state index is -0.639. The normalized spacial score (nSPS) is 10.8. The number of benzene rings is 3. The fourth-order valence-corrected chi connectivity index (χ4v) is 2.36. The van der Waals surface area contributed by atoms with E-state index in [2.05, 4.69) is 5.32 Å². The highest BCUT2D eigenvalue weighted by molar-refractivity contribution is 5.87. The molecule has 0 aliphatic rings. The third-order valence-electron chi connectivity index (χ3n) is 3.35. The zero-order chi connectivity index (χ0) is 14.8. The monoisotopic (exact) mass is 285 g/mol. The van der Waals surface area contributed by atoms with Gasteiger partial charge in [-0.3, -0.25) is 0 Å². The minimum Gasteiger partial charge on any atom is -0.508 e. The van der Waals surface area contributed by atoms with Gasteiger partial charge in [0.05, 0.1) is 0 Å². The Bertz CT molecular complexity index is 782. The number of rotatable bonds is 3. The van der Waals surface area contributed by atoms with E-state index in [1.165, 1.54) is 12.1 Å². The summed E-state index contributed by atoms with van der Waals surface area (Å²) < 4.78 is 26.3. The van der Waals surface area contributed by atoms with E-state index in [4.69, 9.17) is 0 Å². The van der Waals surface area contributed by atoms with Crippen LogP contribution >= 0.6 is 0 Å². The Hall–Kier alpha value is -2.62. The van der Waals surface area contributed by atoms with E-state index < -0.39 is 11.6 Å². The molecule has 0 amide bonds. The van der Waals surface area contributed by atoms with Gasteiger partial charge in [0.1, 0.15) is 17.4 Å². The molecule has 106 valence electrons. The zero-order valence-electron chi connectivity index (χ0n) is 11.1. The van der Waals surface area contributed by atoms with Crippen molar-refractivity contribution in [3.63, 3.8) is 0 Å². The molecule has 0 fully saturated rings. The van der Waals surface area contributed by atoms with Gasteiger partial charge in [-0.1, -0.05) is 30.3 Å². The molecule has 0 saturated carbocycles. The van der Waals surface area contributed by atoms with E-state index in [-0.39, 0.29) is 12.3 Å². The van der Waals surface area contributed by atoms with Gasteiger partial charge in [-0.15, -0.1) is 0 Å². The molecule has 21 heavy (non-hydrogen) atoms. The SMILES string of the molecule is Oc1ccc2ccccc2c1CNc1cc(F)cc(F)c1. The molecular weight excluding hydrogens is 272 g/mol. The van der Waals surface area contributed by atoms with Crippen molar-refractivity contribution in [2.24, 2.45) is 0 Å². The fourth-order valence-electron chi connectivity index (χ4n) is 2.36. The third kappa shape index (κ3) is 2.79. The average molecular weight is 285 g/mol. The van der Waals surface area contributed by atoms with Gasteiger partial charge in [0.15, 0.2) is 0 Å². The van der Waals surface area contributed by atoms with Gasteiger partial charge in [-0.2, -0.15) is 0 Å². The van der Waals surface area contributed by atoms with Crippen LogP contribution in [0.1, 0.15) is 5.56 Å². The Morgan fingerprint density at radius 2 is 1.62 bits per heavy atom. The molecule has 3 aromatic carbocycles. The van der Waals surface area contributed by atoms with Gasteiger partial charge >= 0.3 is 0 Å². The Kier molecular flexibility index (Phi) is 3.44. The molecule has 0 radical (unpaired) electrons. The number of fused-ring (bicyclic) bond motifs is 1. The molecule has 2 N–H and O–H groups in total. The number of hydrogen-bond acceptors (Lipinski definition) is 2. The standard InChI is InChI=1S/C17H13F2NO/c18-12-7-13(19)9-14(8-12)20-10-16-15-4-2-1-3-11(15)5-6-17(16)21/h1-9,20-21H,10H2. The maximum atomic E-state index is 13.2. The molecule has 0 aromatic heterocycles. The van der Waals surface area contributed by atoms with E-state index in [0.29, 0.717) is 11.3 Å². The van der Waals surface area contributed by atoms with Crippen molar-refractivity contribution in [2.75, 3.05) is 5.32 Å². The summed E-state index contributed by atoms with van der Waals surface area (Å²) in [5.74, 6) is -1.13. The number of hydrogen-bond donors (Lipinski definition) is 2. The molecular formula is C17H13F2NO. The number of halogens is 2. The largest absolute Gasteiger partial charge is 0.508 e. The van der Waals surface area contributed by atoms with Crippen LogP contribution in [-0.2, 0) is 6.54 Å². The maximum absolute atomic E-state index is 13.2. The fraction of sp³-hybridized carbons (Fsp3) is 0.0588. The Morgan fingerprint density at radius 1 is 0.905 bits per heavy atom. The van der Waals surface area contributed by atoms with Gasteiger partial charge in [0.2, 0.25) is 0 Å². The molecule has 0 spiro atoms. The molecule has 0 atom stereocenters. The number of phenols is 1. The first kappa shape index (κ1) is 13.4. The average Bonchev–Trinajstić information content (AvgIpc) is 2.45. The summed E-state index contributed by atoms with van der Waals surface area (Å²) in [6.07, 6.45) is 0. The summed E-state index contributed by atoms with van der Waals surface area (Å²) in [6, 6.07) is 14.3. The van der Waals surface area contributed by atoms with Crippen LogP contribution in [-0.4, -0.2) is 5.11 Å². The number of anilines is 1. The summed E-state index contributed by atoms with van der Waals surface area (Å²) in [5, 5.41) is 14.8. The van der Waals surface area contributed by atoms with Crippen LogP contribution in [0.4, 0.5) is 14.5 Å². The van der Waals surface area contributed by atoms with E-state index in [9.17, 15) is 13.9 Å². The van der Waals surface area contributed by atoms with E-state index >= 15 is 0 Å². The van der Waals surface area contributed by atoms with Crippen molar-refractivity contribution in [1.82, 2.24) is 0 Å². The van der Waals surface area contributed by atoms with Crippen molar-refractivity contribution >= 4 is 16.5 Å². The van der Waals surface area contributed by atoms with Crippen LogP contribution in [0.25, 0.3) is 10.8 Å². The molecule has 0 aliphatic heterocycles. The van der Waals surface area contributed by atoms with Gasteiger partial charge in [0, 0.05) is 23.9 Å². The zero-order valence-corrected chi connectivity index (χ0v) is 11.1. The van der Waals surface area contributed by atoms with Crippen molar-refractivity contribution < 1.29 is 13.9 Å². The highest BCUT2D eigenvalue weighted by atomic mass is 19.1. The molecule has 3 aromatic rings. The lowest BCUT2D eigenvalue weighted by Crippen LogP contribution is -2.01. The van der Waals surface area contributed by atoms with E-state index in [1.54, 1.807) is 6.07 Å². The molecule has 0 bridgehead atoms. The molecule has 0 unspecified atom stereocenters. The Labute approximate surface area is 120 Å². The molecule has 0 aliphatic carbocycles. The summed E-state index contributed by atoms with van der Waals surface area (Å²) in [4.78, 5) is 0. The first-order chi connectivity index (χ1) is 10.1. The highest BCUT2D eigenvalue weighted by Gasteiger charge is 2.07. The van der Waals surface area contributed by atoms with Crippen LogP contribution in [0.5, 0.6) is 5.75 Å². The smallest absolute Gasteiger partial charge is 0.128 e. The van der Waals surface area contributed by atoms with Gasteiger partial charge in [-0.25, -0.2) is 8.78 Å². The lowest BCUT2D eigenvalue weighted by atomic mass is 10.0. The molecule has 0 saturated heterocycles. The van der Waals surface area contributed by atoms with Gasteiger partial charge in [-0.05, 0) is 29.0 Å². The second-order valence-corrected chi connectivity index (χ2v) is 4.80. The van der Waals surface area contributed by atoms with Crippen LogP contribution in [0.15, 0.2) is 54.6 Å². The first-order valence-corrected chi connectivity index (χ1v) is 6.53. The topological polar surface area (TPSA) is 32.3 Å². The van der Waals surface area contributed by atoms with Crippen molar-refractivity contribution in [2.45, 2.75) is 6.54 Å². The number of phenolic OH excluding ortho intramolecular Hbond substituents is 1. The number of aromatic hydroxyl groups is 1. The molecule has 2 nitrogen and oxygen atoms in total. The van der Waals surface area contributed by atoms with Crippen molar-refractivity contribution in [1.29, 1.82) is 0 Å². The van der Waals surface area contributed by atoms with Crippen molar-refractivity contribution in [3.05, 3.63) is 71.8 Å². The van der Waals surface area contributed by atoms with Crippen LogP contribution < -0.4 is 5.32 Å². The molecule has 0 heterocycles. The highest BCUT2D eigenvalue weighted by Crippen LogP contribution is 2.28. The third-order valence-corrected chi connectivity index (χ3v) is 3.35. The second kappa shape index (κ2) is 5.40. The first-order valence-electron chi connectivity index (χ1n) is 6.53. The lowest BCUT2D eigenvalue weighted by molar-refractivity contribution is 0.470. The Morgan fingerprint density at radius 3 is 2.38 bits per heavy atom. The summed E-state index contributed by atoms with van der Waals surface area (Å²) in [6.45, 7) is 0.274. The quantitative estimate of drug-likeness (QED) is 0.746. The predicted octanol–water partition coefficient (Wildman–Crippen LogP) is 4.44. The van der Waals surface area contributed by atoms with Gasteiger partial charge in [0.25, 0.3) is 0 Å². The lowest BCUT2D eigenvalue weighted by Gasteiger charge is -2.11. The van der Waals surface area contributed by atoms with E-state index in [1.807, 2.05) is 30.3 Å². The predicted molar refractivity (Wildman–Crippen MR) is 79.3 cm³/mol. The summed E-state index contributed by atoms with van der Waals surface area (Å²) in [7, 11) is 0. The van der Waals surface area contributed by atoms with Crippen molar-refractivity contribution in [3.8, 4) is 5.75 Å². The minimum absolute atomic E-state index is 0.151. The number of nitrogens with one attached hydrogen (secondary N) is 1.